The van der Waals surface area contributed by atoms with Crippen LogP contribution >= 0.6 is 0 Å². The molecular weight excluding hydrogens is 280 g/mol. The molecule has 0 saturated carbocycles. The molecule has 0 aliphatic carbocycles. The number of aliphatic carboxylic acids is 1. The van der Waals surface area contributed by atoms with Gasteiger partial charge in [-0.2, -0.15) is 0 Å². The zero-order chi connectivity index (χ0) is 15.4. The highest BCUT2D eigenvalue weighted by Crippen LogP contribution is 2.23. The molecule has 1 heterocycles. The molecular formula is C15H17F2NO3. The number of rotatable bonds is 4. The minimum absolute atomic E-state index is 0.0106. The summed E-state index contributed by atoms with van der Waals surface area (Å²) in [6.07, 6.45) is 2.17. The highest BCUT2D eigenvalue weighted by Gasteiger charge is 2.24. The number of piperidine rings is 1. The van der Waals surface area contributed by atoms with Crippen LogP contribution in [0.1, 0.15) is 36.0 Å². The molecule has 0 aromatic heterocycles. The highest BCUT2D eigenvalue weighted by atomic mass is 19.1. The Morgan fingerprint density at radius 2 is 1.71 bits per heavy atom. The van der Waals surface area contributed by atoms with Crippen molar-refractivity contribution in [3.8, 4) is 0 Å². The Morgan fingerprint density at radius 3 is 2.24 bits per heavy atom. The third kappa shape index (κ3) is 4.24. The van der Waals surface area contributed by atoms with E-state index in [0.29, 0.717) is 19.5 Å². The van der Waals surface area contributed by atoms with E-state index >= 15 is 0 Å². The standard InChI is InChI=1S/C15H17F2NO3/c16-12-7-11(8-13(17)9-12)15(21)18-5-3-10(4-6-18)1-2-14(19)20/h7-10H,1-6H2,(H,19,20). The number of hydrogen-bond donors (Lipinski definition) is 1. The zero-order valence-electron chi connectivity index (χ0n) is 11.5. The molecule has 0 unspecified atom stereocenters. The number of carbonyl (C=O) groups excluding carboxylic acids is 1. The van der Waals surface area contributed by atoms with Gasteiger partial charge in [0.2, 0.25) is 0 Å². The van der Waals surface area contributed by atoms with Crippen LogP contribution in [0, 0.1) is 17.6 Å². The lowest BCUT2D eigenvalue weighted by atomic mass is 9.92. The second-order valence-electron chi connectivity index (χ2n) is 5.33. The molecule has 0 bridgehead atoms. The van der Waals surface area contributed by atoms with Crippen molar-refractivity contribution in [3.63, 3.8) is 0 Å². The fourth-order valence-electron chi connectivity index (χ4n) is 2.61. The first-order valence-corrected chi connectivity index (χ1v) is 6.93. The molecule has 4 nitrogen and oxygen atoms in total. The fraction of sp³-hybridized carbons (Fsp3) is 0.467. The quantitative estimate of drug-likeness (QED) is 0.929. The molecule has 21 heavy (non-hydrogen) atoms. The van der Waals surface area contributed by atoms with Crippen LogP contribution in [-0.4, -0.2) is 35.0 Å². The van der Waals surface area contributed by atoms with Gasteiger partial charge >= 0.3 is 5.97 Å². The van der Waals surface area contributed by atoms with Gasteiger partial charge in [-0.1, -0.05) is 0 Å². The van der Waals surface area contributed by atoms with E-state index in [9.17, 15) is 18.4 Å². The first-order valence-electron chi connectivity index (χ1n) is 6.93. The van der Waals surface area contributed by atoms with Gasteiger partial charge in [0.25, 0.3) is 5.91 Å². The number of nitrogens with zero attached hydrogens (tertiary/aromatic N) is 1. The zero-order valence-corrected chi connectivity index (χ0v) is 11.5. The monoisotopic (exact) mass is 297 g/mol. The largest absolute Gasteiger partial charge is 0.481 e. The molecule has 0 atom stereocenters. The van der Waals surface area contributed by atoms with Crippen LogP contribution in [0.15, 0.2) is 18.2 Å². The smallest absolute Gasteiger partial charge is 0.303 e. The Labute approximate surface area is 121 Å². The van der Waals surface area contributed by atoms with E-state index in [1.165, 1.54) is 0 Å². The number of hydrogen-bond acceptors (Lipinski definition) is 2. The summed E-state index contributed by atoms with van der Waals surface area (Å²) in [7, 11) is 0. The van der Waals surface area contributed by atoms with E-state index in [1.807, 2.05) is 0 Å². The Bertz CT molecular complexity index is 519. The van der Waals surface area contributed by atoms with Gasteiger partial charge in [-0.15, -0.1) is 0 Å². The first-order chi connectivity index (χ1) is 9.95. The van der Waals surface area contributed by atoms with Crippen molar-refractivity contribution in [3.05, 3.63) is 35.4 Å². The average molecular weight is 297 g/mol. The van der Waals surface area contributed by atoms with Crippen LogP contribution < -0.4 is 0 Å². The van der Waals surface area contributed by atoms with E-state index in [-0.39, 0.29) is 23.8 Å². The molecule has 1 aliphatic rings. The van der Waals surface area contributed by atoms with E-state index in [4.69, 9.17) is 5.11 Å². The predicted molar refractivity (Wildman–Crippen MR) is 71.9 cm³/mol. The number of benzene rings is 1. The van der Waals surface area contributed by atoms with Crippen molar-refractivity contribution in [2.24, 2.45) is 5.92 Å². The molecule has 1 aromatic rings. The summed E-state index contributed by atoms with van der Waals surface area (Å²) in [6, 6.07) is 2.79. The summed E-state index contributed by atoms with van der Waals surface area (Å²) in [5, 5.41) is 8.65. The number of carboxylic acids is 1. The lowest BCUT2D eigenvalue weighted by Crippen LogP contribution is -2.38. The molecule has 1 fully saturated rings. The van der Waals surface area contributed by atoms with Crippen molar-refractivity contribution in [2.75, 3.05) is 13.1 Å². The second-order valence-corrected chi connectivity index (χ2v) is 5.33. The van der Waals surface area contributed by atoms with Gasteiger partial charge in [-0.25, -0.2) is 8.78 Å². The van der Waals surface area contributed by atoms with Gasteiger partial charge in [0.1, 0.15) is 11.6 Å². The molecule has 1 N–H and O–H groups in total. The van der Waals surface area contributed by atoms with Crippen LogP contribution in [0.4, 0.5) is 8.78 Å². The molecule has 1 aromatic carbocycles. The van der Waals surface area contributed by atoms with Gasteiger partial charge in [0.15, 0.2) is 0 Å². The van der Waals surface area contributed by atoms with Gasteiger partial charge in [0, 0.05) is 31.1 Å². The lowest BCUT2D eigenvalue weighted by molar-refractivity contribution is -0.137. The van der Waals surface area contributed by atoms with Gasteiger partial charge in [-0.05, 0) is 37.3 Å². The second kappa shape index (κ2) is 6.65. The van der Waals surface area contributed by atoms with Crippen LogP contribution in [0.25, 0.3) is 0 Å². The molecule has 114 valence electrons. The normalized spacial score (nSPS) is 16.0. The van der Waals surface area contributed by atoms with E-state index in [1.54, 1.807) is 4.90 Å². The number of halogens is 2. The SMILES string of the molecule is O=C(O)CCC1CCN(C(=O)c2cc(F)cc(F)c2)CC1. The highest BCUT2D eigenvalue weighted by molar-refractivity contribution is 5.94. The maximum absolute atomic E-state index is 13.1. The maximum atomic E-state index is 13.1. The summed E-state index contributed by atoms with van der Waals surface area (Å²) < 4.78 is 26.3. The summed E-state index contributed by atoms with van der Waals surface area (Å²) in [6.45, 7) is 0.975. The summed E-state index contributed by atoms with van der Waals surface area (Å²) >= 11 is 0. The van der Waals surface area contributed by atoms with Crippen LogP contribution in [0.3, 0.4) is 0 Å². The lowest BCUT2D eigenvalue weighted by Gasteiger charge is -2.32. The molecule has 6 heteroatoms. The number of carbonyl (C=O) groups is 2. The Balaban J connectivity index is 1.92. The predicted octanol–water partition coefficient (Wildman–Crippen LogP) is 2.68. The Kier molecular flexibility index (Phi) is 4.88. The van der Waals surface area contributed by atoms with E-state index in [0.717, 1.165) is 31.0 Å². The van der Waals surface area contributed by atoms with Crippen LogP contribution in [0.2, 0.25) is 0 Å². The third-order valence-corrected chi connectivity index (χ3v) is 3.78. The molecule has 1 amide bonds. The minimum atomic E-state index is -0.816. The van der Waals surface area contributed by atoms with Crippen molar-refractivity contribution in [2.45, 2.75) is 25.7 Å². The number of carboxylic acid groups (broad SMARTS) is 1. The molecule has 2 rings (SSSR count). The summed E-state index contributed by atoms with van der Waals surface area (Å²) in [4.78, 5) is 24.3. The molecule has 0 radical (unpaired) electrons. The van der Waals surface area contributed by atoms with Gasteiger partial charge in [-0.3, -0.25) is 9.59 Å². The van der Waals surface area contributed by atoms with Gasteiger partial charge < -0.3 is 10.0 Å². The average Bonchev–Trinajstić information content (AvgIpc) is 2.44. The minimum Gasteiger partial charge on any atom is -0.481 e. The summed E-state index contributed by atoms with van der Waals surface area (Å²) in [5.74, 6) is -2.45. The Hall–Kier alpha value is -1.98. The first kappa shape index (κ1) is 15.4. The fourth-order valence-corrected chi connectivity index (χ4v) is 2.61. The van der Waals surface area contributed by atoms with E-state index < -0.39 is 17.6 Å². The molecule has 1 saturated heterocycles. The van der Waals surface area contributed by atoms with Crippen LogP contribution in [-0.2, 0) is 4.79 Å². The van der Waals surface area contributed by atoms with Crippen molar-refractivity contribution >= 4 is 11.9 Å². The Morgan fingerprint density at radius 1 is 1.14 bits per heavy atom. The molecule has 1 aliphatic heterocycles. The number of likely N-dealkylation sites (tertiary alicyclic amines) is 1. The van der Waals surface area contributed by atoms with Crippen molar-refractivity contribution in [1.29, 1.82) is 0 Å². The van der Waals surface area contributed by atoms with Crippen molar-refractivity contribution in [1.82, 2.24) is 4.90 Å². The molecule has 0 spiro atoms. The van der Waals surface area contributed by atoms with Gasteiger partial charge in [0.05, 0.1) is 0 Å². The van der Waals surface area contributed by atoms with Crippen LogP contribution in [0.5, 0.6) is 0 Å². The maximum Gasteiger partial charge on any atom is 0.303 e. The van der Waals surface area contributed by atoms with Crippen molar-refractivity contribution < 1.29 is 23.5 Å². The number of amides is 1. The van der Waals surface area contributed by atoms with E-state index in [2.05, 4.69) is 0 Å². The topological polar surface area (TPSA) is 57.6 Å². The summed E-state index contributed by atoms with van der Waals surface area (Å²) in [5.41, 5.74) is 0.0106. The third-order valence-electron chi connectivity index (χ3n) is 3.78.